The molecular weight excluding hydrogens is 196 g/mol. The maximum Gasteiger partial charge on any atom is 0.136 e. The molecule has 0 bridgehead atoms. The SMILES string of the molecule is CCCC1CCC(=O)C(CC2CCCC2)C1. The second-order valence-electron chi connectivity index (χ2n) is 5.98. The molecule has 1 heteroatoms. The van der Waals surface area contributed by atoms with Crippen LogP contribution in [-0.2, 0) is 4.79 Å². The van der Waals surface area contributed by atoms with E-state index in [0.717, 1.165) is 18.3 Å². The molecule has 0 aromatic rings. The first kappa shape index (κ1) is 12.1. The zero-order valence-electron chi connectivity index (χ0n) is 10.7. The zero-order chi connectivity index (χ0) is 11.4. The van der Waals surface area contributed by atoms with Gasteiger partial charge in [0.15, 0.2) is 0 Å². The highest BCUT2D eigenvalue weighted by atomic mass is 16.1. The van der Waals surface area contributed by atoms with Crippen LogP contribution in [0.15, 0.2) is 0 Å². The standard InChI is InChI=1S/C15H26O/c1-2-5-12-8-9-15(16)14(10-12)11-13-6-3-4-7-13/h12-14H,2-11H2,1H3. The topological polar surface area (TPSA) is 17.1 Å². The molecular formula is C15H26O. The molecule has 0 saturated heterocycles. The molecule has 2 saturated carbocycles. The van der Waals surface area contributed by atoms with Gasteiger partial charge >= 0.3 is 0 Å². The van der Waals surface area contributed by atoms with Crippen molar-refractivity contribution in [3.8, 4) is 0 Å². The van der Waals surface area contributed by atoms with Crippen LogP contribution in [-0.4, -0.2) is 5.78 Å². The summed E-state index contributed by atoms with van der Waals surface area (Å²) in [5.74, 6) is 2.76. The van der Waals surface area contributed by atoms with Gasteiger partial charge in [-0.3, -0.25) is 4.79 Å². The molecule has 0 heterocycles. The van der Waals surface area contributed by atoms with Crippen molar-refractivity contribution in [1.82, 2.24) is 0 Å². The van der Waals surface area contributed by atoms with Crippen LogP contribution in [0.1, 0.15) is 71.1 Å². The van der Waals surface area contributed by atoms with Gasteiger partial charge in [-0.25, -0.2) is 0 Å². The van der Waals surface area contributed by atoms with Crippen LogP contribution in [0.5, 0.6) is 0 Å². The van der Waals surface area contributed by atoms with Gasteiger partial charge in [-0.15, -0.1) is 0 Å². The van der Waals surface area contributed by atoms with E-state index in [4.69, 9.17) is 0 Å². The number of ketones is 1. The van der Waals surface area contributed by atoms with E-state index in [1.54, 1.807) is 0 Å². The van der Waals surface area contributed by atoms with Gasteiger partial charge in [-0.2, -0.15) is 0 Å². The van der Waals surface area contributed by atoms with Crippen molar-refractivity contribution in [2.24, 2.45) is 17.8 Å². The molecule has 2 atom stereocenters. The molecule has 2 unspecified atom stereocenters. The van der Waals surface area contributed by atoms with Gasteiger partial charge in [0.05, 0.1) is 0 Å². The Morgan fingerprint density at radius 2 is 1.88 bits per heavy atom. The largest absolute Gasteiger partial charge is 0.299 e. The molecule has 2 fully saturated rings. The quantitative estimate of drug-likeness (QED) is 0.691. The lowest BCUT2D eigenvalue weighted by atomic mass is 9.75. The fourth-order valence-electron chi connectivity index (χ4n) is 3.75. The van der Waals surface area contributed by atoms with Crippen LogP contribution in [0.4, 0.5) is 0 Å². The first-order valence-corrected chi connectivity index (χ1v) is 7.32. The highest BCUT2D eigenvalue weighted by Gasteiger charge is 2.30. The number of carbonyl (C=O) groups excluding carboxylic acids is 1. The van der Waals surface area contributed by atoms with Gasteiger partial charge in [0, 0.05) is 12.3 Å². The molecule has 0 aromatic carbocycles. The highest BCUT2D eigenvalue weighted by Crippen LogP contribution is 2.37. The fourth-order valence-corrected chi connectivity index (χ4v) is 3.75. The van der Waals surface area contributed by atoms with Crippen LogP contribution < -0.4 is 0 Å². The maximum absolute atomic E-state index is 11.9. The Kier molecular flexibility index (Phi) is 4.43. The summed E-state index contributed by atoms with van der Waals surface area (Å²) < 4.78 is 0. The Morgan fingerprint density at radius 3 is 2.56 bits per heavy atom. The van der Waals surface area contributed by atoms with E-state index >= 15 is 0 Å². The van der Waals surface area contributed by atoms with E-state index < -0.39 is 0 Å². The fraction of sp³-hybridized carbons (Fsp3) is 0.933. The molecule has 0 N–H and O–H groups in total. The summed E-state index contributed by atoms with van der Waals surface area (Å²) in [4.78, 5) is 11.9. The van der Waals surface area contributed by atoms with Gasteiger partial charge < -0.3 is 0 Å². The van der Waals surface area contributed by atoms with Crippen LogP contribution in [0.3, 0.4) is 0 Å². The first-order chi connectivity index (χ1) is 7.79. The van der Waals surface area contributed by atoms with E-state index in [9.17, 15) is 4.79 Å². The van der Waals surface area contributed by atoms with Crippen LogP contribution in [0.25, 0.3) is 0 Å². The third-order valence-corrected chi connectivity index (χ3v) is 4.66. The lowest BCUT2D eigenvalue weighted by Crippen LogP contribution is -2.26. The van der Waals surface area contributed by atoms with Crippen LogP contribution in [0, 0.1) is 17.8 Å². The summed E-state index contributed by atoms with van der Waals surface area (Å²) >= 11 is 0. The molecule has 2 aliphatic rings. The van der Waals surface area contributed by atoms with E-state index in [1.807, 2.05) is 0 Å². The molecule has 0 amide bonds. The second-order valence-corrected chi connectivity index (χ2v) is 5.98. The van der Waals surface area contributed by atoms with E-state index in [2.05, 4.69) is 6.92 Å². The van der Waals surface area contributed by atoms with Gasteiger partial charge in [0.1, 0.15) is 5.78 Å². The van der Waals surface area contributed by atoms with Crippen molar-refractivity contribution < 1.29 is 4.79 Å². The van der Waals surface area contributed by atoms with Crippen molar-refractivity contribution >= 4 is 5.78 Å². The maximum atomic E-state index is 11.9. The minimum atomic E-state index is 0.438. The molecule has 92 valence electrons. The predicted octanol–water partition coefficient (Wildman–Crippen LogP) is 4.35. The molecule has 2 aliphatic carbocycles. The third-order valence-electron chi connectivity index (χ3n) is 4.66. The number of carbonyl (C=O) groups is 1. The van der Waals surface area contributed by atoms with Crippen LogP contribution in [0.2, 0.25) is 0 Å². The van der Waals surface area contributed by atoms with Crippen molar-refractivity contribution in [3.63, 3.8) is 0 Å². The van der Waals surface area contributed by atoms with Crippen molar-refractivity contribution in [2.75, 3.05) is 0 Å². The molecule has 2 rings (SSSR count). The highest BCUT2D eigenvalue weighted by molar-refractivity contribution is 5.81. The van der Waals surface area contributed by atoms with Gasteiger partial charge in [0.25, 0.3) is 0 Å². The summed E-state index contributed by atoms with van der Waals surface area (Å²) in [6.07, 6.45) is 12.7. The Morgan fingerprint density at radius 1 is 1.12 bits per heavy atom. The van der Waals surface area contributed by atoms with Gasteiger partial charge in [0.2, 0.25) is 0 Å². The van der Waals surface area contributed by atoms with Gasteiger partial charge in [-0.05, 0) is 31.1 Å². The van der Waals surface area contributed by atoms with Crippen LogP contribution >= 0.6 is 0 Å². The number of hydrogen-bond donors (Lipinski definition) is 0. The van der Waals surface area contributed by atoms with Gasteiger partial charge in [-0.1, -0.05) is 45.4 Å². The third kappa shape index (κ3) is 3.09. The lowest BCUT2D eigenvalue weighted by molar-refractivity contribution is -0.126. The summed E-state index contributed by atoms with van der Waals surface area (Å²) in [6.45, 7) is 2.27. The number of Topliss-reactive ketones (excluding diaryl/α,β-unsaturated/α-hetero) is 1. The average molecular weight is 222 g/mol. The van der Waals surface area contributed by atoms with E-state index in [0.29, 0.717) is 11.7 Å². The smallest absolute Gasteiger partial charge is 0.136 e. The summed E-state index contributed by atoms with van der Waals surface area (Å²) in [5, 5.41) is 0. The Bertz CT molecular complexity index is 228. The monoisotopic (exact) mass is 222 g/mol. The predicted molar refractivity (Wildman–Crippen MR) is 67.3 cm³/mol. The van der Waals surface area contributed by atoms with Crippen molar-refractivity contribution in [1.29, 1.82) is 0 Å². The lowest BCUT2D eigenvalue weighted by Gasteiger charge is -2.29. The first-order valence-electron chi connectivity index (χ1n) is 7.32. The number of hydrogen-bond acceptors (Lipinski definition) is 1. The van der Waals surface area contributed by atoms with Crippen molar-refractivity contribution in [2.45, 2.75) is 71.1 Å². The molecule has 0 radical (unpaired) electrons. The second kappa shape index (κ2) is 5.84. The summed E-state index contributed by atoms with van der Waals surface area (Å²) in [7, 11) is 0. The normalized spacial score (nSPS) is 32.2. The minimum Gasteiger partial charge on any atom is -0.299 e. The molecule has 1 nitrogen and oxygen atoms in total. The minimum absolute atomic E-state index is 0.438. The molecule has 0 spiro atoms. The van der Waals surface area contributed by atoms with E-state index in [1.165, 1.54) is 57.8 Å². The Hall–Kier alpha value is -0.330. The Balaban J connectivity index is 1.82. The zero-order valence-corrected chi connectivity index (χ0v) is 10.7. The number of rotatable bonds is 4. The van der Waals surface area contributed by atoms with E-state index in [-0.39, 0.29) is 0 Å². The Labute approximate surface area is 100.0 Å². The summed E-state index contributed by atoms with van der Waals surface area (Å²) in [5.41, 5.74) is 0. The molecule has 0 aliphatic heterocycles. The summed E-state index contributed by atoms with van der Waals surface area (Å²) in [6, 6.07) is 0. The molecule has 16 heavy (non-hydrogen) atoms. The average Bonchev–Trinajstić information content (AvgIpc) is 2.76. The molecule has 0 aromatic heterocycles. The van der Waals surface area contributed by atoms with Crippen molar-refractivity contribution in [3.05, 3.63) is 0 Å².